The van der Waals surface area contributed by atoms with Crippen LogP contribution in [0.4, 0.5) is 5.95 Å². The predicted octanol–water partition coefficient (Wildman–Crippen LogP) is 0.240. The quantitative estimate of drug-likeness (QED) is 0.316. The number of ether oxygens (including phenoxy) is 2. The Kier molecular flexibility index (Phi) is 5.75. The van der Waals surface area contributed by atoms with Crippen LogP contribution in [-0.4, -0.2) is 52.8 Å². The first-order chi connectivity index (χ1) is 9.51. The molecule has 112 valence electrons. The number of oxime groups is 1. The topological polar surface area (TPSA) is 119 Å². The molecule has 0 spiro atoms. The highest BCUT2D eigenvalue weighted by atomic mass is 16.5. The van der Waals surface area contributed by atoms with Crippen molar-refractivity contribution in [1.29, 1.82) is 0 Å². The first-order valence-corrected chi connectivity index (χ1v) is 6.08. The SMILES string of the molecule is COc1nc(OC)nc(N(CCC(N)=NO)C(C)C)n1. The van der Waals surface area contributed by atoms with Crippen LogP contribution in [-0.2, 0) is 0 Å². The van der Waals surface area contributed by atoms with E-state index in [1.54, 1.807) is 0 Å². The molecule has 1 heterocycles. The summed E-state index contributed by atoms with van der Waals surface area (Å²) >= 11 is 0. The Hall–Kier alpha value is -2.32. The summed E-state index contributed by atoms with van der Waals surface area (Å²) in [4.78, 5) is 14.2. The fourth-order valence-electron chi connectivity index (χ4n) is 1.51. The van der Waals surface area contributed by atoms with Gasteiger partial charge in [0.2, 0.25) is 5.95 Å². The molecule has 1 aromatic heterocycles. The Morgan fingerprint density at radius 1 is 1.25 bits per heavy atom. The number of anilines is 1. The van der Waals surface area contributed by atoms with E-state index in [0.717, 1.165) is 0 Å². The number of hydrogen-bond acceptors (Lipinski definition) is 8. The van der Waals surface area contributed by atoms with Gasteiger partial charge in [0.05, 0.1) is 14.2 Å². The van der Waals surface area contributed by atoms with E-state index in [1.807, 2.05) is 18.7 Å². The van der Waals surface area contributed by atoms with Gasteiger partial charge in [-0.1, -0.05) is 5.16 Å². The normalized spacial score (nSPS) is 11.6. The Morgan fingerprint density at radius 3 is 2.20 bits per heavy atom. The van der Waals surface area contributed by atoms with E-state index >= 15 is 0 Å². The molecule has 3 N–H and O–H groups in total. The second kappa shape index (κ2) is 7.31. The molecule has 0 aliphatic heterocycles. The third-order valence-electron chi connectivity index (χ3n) is 2.57. The lowest BCUT2D eigenvalue weighted by Crippen LogP contribution is -2.35. The molecule has 0 aromatic carbocycles. The number of nitrogens with zero attached hydrogens (tertiary/aromatic N) is 5. The maximum absolute atomic E-state index is 8.58. The van der Waals surface area contributed by atoms with Crippen LogP contribution in [0.15, 0.2) is 5.16 Å². The first kappa shape index (κ1) is 15.7. The Morgan fingerprint density at radius 2 is 1.80 bits per heavy atom. The molecule has 1 rings (SSSR count). The monoisotopic (exact) mass is 284 g/mol. The Labute approximate surface area is 117 Å². The van der Waals surface area contributed by atoms with Crippen molar-refractivity contribution in [2.45, 2.75) is 26.3 Å². The second-order valence-corrected chi connectivity index (χ2v) is 4.24. The highest BCUT2D eigenvalue weighted by molar-refractivity contribution is 5.80. The molecule has 0 aliphatic rings. The minimum absolute atomic E-state index is 0.110. The molecule has 0 saturated carbocycles. The van der Waals surface area contributed by atoms with Gasteiger partial charge >= 0.3 is 12.0 Å². The molecule has 0 aliphatic carbocycles. The smallest absolute Gasteiger partial charge is 0.324 e. The fourth-order valence-corrected chi connectivity index (χ4v) is 1.51. The predicted molar refractivity (Wildman–Crippen MR) is 73.4 cm³/mol. The number of amidine groups is 1. The largest absolute Gasteiger partial charge is 0.467 e. The van der Waals surface area contributed by atoms with Gasteiger partial charge in [-0.2, -0.15) is 9.97 Å². The zero-order valence-electron chi connectivity index (χ0n) is 12.1. The summed E-state index contributed by atoms with van der Waals surface area (Å²) in [6.07, 6.45) is 0.380. The van der Waals surface area contributed by atoms with Gasteiger partial charge in [0.25, 0.3) is 0 Å². The molecular formula is C11H20N6O3. The molecule has 0 fully saturated rings. The van der Waals surface area contributed by atoms with Crippen molar-refractivity contribution < 1.29 is 14.7 Å². The molecule has 9 nitrogen and oxygen atoms in total. The zero-order valence-corrected chi connectivity index (χ0v) is 12.1. The molecule has 0 atom stereocenters. The van der Waals surface area contributed by atoms with Gasteiger partial charge in [-0.05, 0) is 13.8 Å². The molecule has 0 radical (unpaired) electrons. The van der Waals surface area contributed by atoms with Gasteiger partial charge < -0.3 is 25.3 Å². The minimum Gasteiger partial charge on any atom is -0.467 e. The van der Waals surface area contributed by atoms with Gasteiger partial charge in [-0.25, -0.2) is 0 Å². The van der Waals surface area contributed by atoms with Gasteiger partial charge in [0, 0.05) is 19.0 Å². The standard InChI is InChI=1S/C11H20N6O3/c1-7(2)17(6-5-8(12)16-18)9-13-10(19-3)15-11(14-9)20-4/h7,18H,5-6H2,1-4H3,(H2,12,16). The van der Waals surface area contributed by atoms with Crippen LogP contribution >= 0.6 is 0 Å². The summed E-state index contributed by atoms with van der Waals surface area (Å²) in [6, 6.07) is 0.445. The van der Waals surface area contributed by atoms with Crippen LogP contribution in [0.1, 0.15) is 20.3 Å². The summed E-state index contributed by atoms with van der Waals surface area (Å²) in [6.45, 7) is 4.45. The van der Waals surface area contributed by atoms with Crippen molar-refractivity contribution in [2.24, 2.45) is 10.9 Å². The average molecular weight is 284 g/mol. The van der Waals surface area contributed by atoms with E-state index in [9.17, 15) is 0 Å². The number of hydrogen-bond donors (Lipinski definition) is 2. The molecule has 0 amide bonds. The van der Waals surface area contributed by atoms with Crippen molar-refractivity contribution >= 4 is 11.8 Å². The maximum atomic E-state index is 8.58. The number of rotatable bonds is 7. The number of methoxy groups -OCH3 is 2. The minimum atomic E-state index is 0.110. The van der Waals surface area contributed by atoms with E-state index in [2.05, 4.69) is 20.1 Å². The molecule has 0 saturated heterocycles. The molecule has 9 heteroatoms. The molecule has 0 unspecified atom stereocenters. The molecule has 1 aromatic rings. The summed E-state index contributed by atoms with van der Waals surface area (Å²) in [5.74, 6) is 0.554. The Bertz CT molecular complexity index is 443. The van der Waals surface area contributed by atoms with Crippen molar-refractivity contribution in [2.75, 3.05) is 25.7 Å². The summed E-state index contributed by atoms with van der Waals surface area (Å²) in [5.41, 5.74) is 5.48. The fraction of sp³-hybridized carbons (Fsp3) is 0.636. The summed E-state index contributed by atoms with van der Waals surface area (Å²) in [5, 5.41) is 11.5. The van der Waals surface area contributed by atoms with Gasteiger partial charge in [-0.15, -0.1) is 4.98 Å². The van der Waals surface area contributed by atoms with E-state index in [0.29, 0.717) is 18.9 Å². The van der Waals surface area contributed by atoms with E-state index in [-0.39, 0.29) is 23.9 Å². The lowest BCUT2D eigenvalue weighted by Gasteiger charge is -2.26. The molecular weight excluding hydrogens is 264 g/mol. The van der Waals surface area contributed by atoms with Gasteiger partial charge in [0.15, 0.2) is 0 Å². The third-order valence-corrected chi connectivity index (χ3v) is 2.57. The van der Waals surface area contributed by atoms with Crippen LogP contribution in [0.3, 0.4) is 0 Å². The van der Waals surface area contributed by atoms with Crippen LogP contribution < -0.4 is 20.1 Å². The average Bonchev–Trinajstić information content (AvgIpc) is 2.46. The number of nitrogens with two attached hydrogens (primary N) is 1. The second-order valence-electron chi connectivity index (χ2n) is 4.24. The van der Waals surface area contributed by atoms with Crippen molar-refractivity contribution in [3.8, 4) is 12.0 Å². The lowest BCUT2D eigenvalue weighted by atomic mass is 10.3. The van der Waals surface area contributed by atoms with E-state index in [4.69, 9.17) is 20.4 Å². The van der Waals surface area contributed by atoms with Crippen molar-refractivity contribution in [3.05, 3.63) is 0 Å². The van der Waals surface area contributed by atoms with Gasteiger partial charge in [-0.3, -0.25) is 0 Å². The summed E-state index contributed by atoms with van der Waals surface area (Å²) in [7, 11) is 2.93. The zero-order chi connectivity index (χ0) is 15.1. The van der Waals surface area contributed by atoms with E-state index < -0.39 is 0 Å². The van der Waals surface area contributed by atoms with Crippen LogP contribution in [0.5, 0.6) is 12.0 Å². The van der Waals surface area contributed by atoms with Crippen LogP contribution in [0, 0.1) is 0 Å². The molecule has 0 bridgehead atoms. The van der Waals surface area contributed by atoms with Crippen LogP contribution in [0.25, 0.3) is 0 Å². The maximum Gasteiger partial charge on any atom is 0.324 e. The van der Waals surface area contributed by atoms with Crippen LogP contribution in [0.2, 0.25) is 0 Å². The van der Waals surface area contributed by atoms with Crippen molar-refractivity contribution in [1.82, 2.24) is 15.0 Å². The third kappa shape index (κ3) is 4.11. The highest BCUT2D eigenvalue weighted by Gasteiger charge is 2.17. The number of aromatic nitrogens is 3. The highest BCUT2D eigenvalue weighted by Crippen LogP contribution is 2.18. The van der Waals surface area contributed by atoms with E-state index in [1.165, 1.54) is 14.2 Å². The first-order valence-electron chi connectivity index (χ1n) is 6.08. The summed E-state index contributed by atoms with van der Waals surface area (Å²) < 4.78 is 10.0. The Balaban J connectivity index is 3.01. The van der Waals surface area contributed by atoms with Crippen molar-refractivity contribution in [3.63, 3.8) is 0 Å². The van der Waals surface area contributed by atoms with Gasteiger partial charge in [0.1, 0.15) is 5.84 Å². The molecule has 20 heavy (non-hydrogen) atoms. The lowest BCUT2D eigenvalue weighted by molar-refractivity contribution is 0.316.